The molecule has 4 N–H and O–H groups in total. The number of aliphatic carboxylic acids is 1. The van der Waals surface area contributed by atoms with Gasteiger partial charge in [0.25, 0.3) is 0 Å². The molecule has 0 fully saturated rings. The first-order chi connectivity index (χ1) is 28.1. The molecule has 0 radical (unpaired) electrons. The van der Waals surface area contributed by atoms with E-state index in [0.717, 1.165) is 19.3 Å². The summed E-state index contributed by atoms with van der Waals surface area (Å²) < 4.78 is 32.0. The second kappa shape index (κ2) is 42.2. The first-order valence-corrected chi connectivity index (χ1v) is 25.6. The fraction of sp³-hybridized carbons (Fsp3) is 0.935. The minimum Gasteiger partial charge on any atom is -0.480 e. The standard InChI is InChI=1S/C46H90NO10P/c1-3-5-6-7-8-9-10-11-12-13-14-15-16-17-18-19-20-21-22-23-24-25-26-27-28-29-30-31-32-33-34-35-36-38-44(48)54-39-42(57-45(49)37-4-2)40-55-58(52,53)56-41-43(47)46(50)51/h42-43H,3-41,47H2,1-2H3,(H,50,51)(H,52,53)/t42-,43+/m1/s1. The van der Waals surface area contributed by atoms with Crippen molar-refractivity contribution in [2.45, 2.75) is 257 Å². The smallest absolute Gasteiger partial charge is 0.472 e. The van der Waals surface area contributed by atoms with Crippen LogP contribution in [0.4, 0.5) is 0 Å². The second-order valence-corrected chi connectivity index (χ2v) is 18.1. The Hall–Kier alpha value is -1.52. The number of ether oxygens (including phenoxy) is 2. The van der Waals surface area contributed by atoms with Crippen LogP contribution in [-0.2, 0) is 37.5 Å². The molecule has 1 unspecified atom stereocenters. The van der Waals surface area contributed by atoms with E-state index in [1.54, 1.807) is 6.92 Å². The fourth-order valence-electron chi connectivity index (χ4n) is 7.11. The molecule has 0 aromatic carbocycles. The molecule has 0 aromatic rings. The highest BCUT2D eigenvalue weighted by Gasteiger charge is 2.28. The van der Waals surface area contributed by atoms with Gasteiger partial charge in [0, 0.05) is 12.8 Å². The number of phosphoric acid groups is 1. The van der Waals surface area contributed by atoms with Gasteiger partial charge < -0.3 is 25.2 Å². The summed E-state index contributed by atoms with van der Waals surface area (Å²) >= 11 is 0. The highest BCUT2D eigenvalue weighted by atomic mass is 31.2. The Morgan fingerprint density at radius 3 is 1.12 bits per heavy atom. The summed E-state index contributed by atoms with van der Waals surface area (Å²) in [4.78, 5) is 44.8. The molecule has 344 valence electrons. The lowest BCUT2D eigenvalue weighted by Gasteiger charge is -2.20. The number of carboxylic acid groups (broad SMARTS) is 1. The monoisotopic (exact) mass is 848 g/mol. The van der Waals surface area contributed by atoms with E-state index < -0.39 is 51.1 Å². The third-order valence-electron chi connectivity index (χ3n) is 10.8. The summed E-state index contributed by atoms with van der Waals surface area (Å²) in [5, 5.41) is 8.79. The molecule has 0 aliphatic rings. The Balaban J connectivity index is 3.57. The van der Waals surface area contributed by atoms with E-state index in [9.17, 15) is 23.8 Å². The van der Waals surface area contributed by atoms with Crippen molar-refractivity contribution in [3.8, 4) is 0 Å². The van der Waals surface area contributed by atoms with Crippen LogP contribution in [0.2, 0.25) is 0 Å². The van der Waals surface area contributed by atoms with Crippen LogP contribution in [0.5, 0.6) is 0 Å². The van der Waals surface area contributed by atoms with Gasteiger partial charge in [0.2, 0.25) is 0 Å². The molecule has 58 heavy (non-hydrogen) atoms. The van der Waals surface area contributed by atoms with Crippen LogP contribution in [0, 0.1) is 0 Å². The molecule has 0 saturated carbocycles. The number of hydrogen-bond donors (Lipinski definition) is 3. The molecule has 0 aliphatic carbocycles. The second-order valence-electron chi connectivity index (χ2n) is 16.6. The molecule has 0 amide bonds. The molecule has 0 aliphatic heterocycles. The van der Waals surface area contributed by atoms with Crippen molar-refractivity contribution >= 4 is 25.7 Å². The zero-order chi connectivity index (χ0) is 42.8. The molecule has 0 bridgehead atoms. The summed E-state index contributed by atoms with van der Waals surface area (Å²) in [6.07, 6.45) is 44.4. The van der Waals surface area contributed by atoms with E-state index in [4.69, 9.17) is 24.8 Å². The van der Waals surface area contributed by atoms with Gasteiger partial charge in [0.05, 0.1) is 13.2 Å². The van der Waals surface area contributed by atoms with E-state index in [0.29, 0.717) is 12.8 Å². The van der Waals surface area contributed by atoms with Gasteiger partial charge in [-0.15, -0.1) is 0 Å². The first-order valence-electron chi connectivity index (χ1n) is 24.1. The molecular weight excluding hydrogens is 757 g/mol. The van der Waals surface area contributed by atoms with Gasteiger partial charge in [0.1, 0.15) is 12.6 Å². The lowest BCUT2D eigenvalue weighted by Crippen LogP contribution is -2.34. The maximum Gasteiger partial charge on any atom is 0.472 e. The van der Waals surface area contributed by atoms with Crippen LogP contribution >= 0.6 is 7.82 Å². The minimum absolute atomic E-state index is 0.116. The number of esters is 2. The Morgan fingerprint density at radius 2 is 0.793 bits per heavy atom. The lowest BCUT2D eigenvalue weighted by molar-refractivity contribution is -0.161. The summed E-state index contributed by atoms with van der Waals surface area (Å²) in [6, 6.07) is -1.51. The number of phosphoric ester groups is 1. The summed E-state index contributed by atoms with van der Waals surface area (Å²) in [5.74, 6) is -2.43. The van der Waals surface area contributed by atoms with E-state index >= 15 is 0 Å². The van der Waals surface area contributed by atoms with Gasteiger partial charge in [0.15, 0.2) is 6.10 Å². The molecule has 3 atom stereocenters. The highest BCUT2D eigenvalue weighted by molar-refractivity contribution is 7.47. The van der Waals surface area contributed by atoms with Crippen LogP contribution in [0.3, 0.4) is 0 Å². The Labute approximate surface area is 355 Å². The number of unbranched alkanes of at least 4 members (excludes halogenated alkanes) is 32. The maximum atomic E-state index is 12.3. The summed E-state index contributed by atoms with van der Waals surface area (Å²) in [6.45, 7) is 2.40. The van der Waals surface area contributed by atoms with Crippen molar-refractivity contribution < 1.29 is 47.5 Å². The first kappa shape index (κ1) is 56.5. The number of hydrogen-bond acceptors (Lipinski definition) is 9. The van der Waals surface area contributed by atoms with Crippen molar-refractivity contribution in [2.75, 3.05) is 19.8 Å². The number of nitrogens with two attached hydrogens (primary N) is 1. The highest BCUT2D eigenvalue weighted by Crippen LogP contribution is 2.43. The van der Waals surface area contributed by atoms with Gasteiger partial charge in [-0.25, -0.2) is 4.57 Å². The van der Waals surface area contributed by atoms with Crippen LogP contribution < -0.4 is 5.73 Å². The quantitative estimate of drug-likeness (QED) is 0.0302. The summed E-state index contributed by atoms with van der Waals surface area (Å²) in [7, 11) is -4.68. The van der Waals surface area contributed by atoms with Gasteiger partial charge in [-0.3, -0.25) is 23.4 Å². The molecular formula is C46H90NO10P. The van der Waals surface area contributed by atoms with Crippen molar-refractivity contribution in [2.24, 2.45) is 5.73 Å². The topological polar surface area (TPSA) is 172 Å². The molecule has 0 spiro atoms. The maximum absolute atomic E-state index is 12.3. The average molecular weight is 848 g/mol. The lowest BCUT2D eigenvalue weighted by atomic mass is 10.0. The van der Waals surface area contributed by atoms with Gasteiger partial charge in [-0.2, -0.15) is 0 Å². The largest absolute Gasteiger partial charge is 0.480 e. The normalized spacial score (nSPS) is 13.6. The van der Waals surface area contributed by atoms with Crippen LogP contribution in [0.1, 0.15) is 245 Å². The predicted octanol–water partition coefficient (Wildman–Crippen LogP) is 13.1. The molecule has 0 heterocycles. The number of carbonyl (C=O) groups excluding carboxylic acids is 2. The molecule has 0 rings (SSSR count). The van der Waals surface area contributed by atoms with Crippen molar-refractivity contribution in [1.29, 1.82) is 0 Å². The van der Waals surface area contributed by atoms with E-state index in [-0.39, 0.29) is 19.4 Å². The molecule has 12 heteroatoms. The van der Waals surface area contributed by atoms with Crippen LogP contribution in [0.25, 0.3) is 0 Å². The minimum atomic E-state index is -4.68. The molecule has 0 aromatic heterocycles. The third kappa shape index (κ3) is 41.2. The van der Waals surface area contributed by atoms with Gasteiger partial charge >= 0.3 is 25.7 Å². The van der Waals surface area contributed by atoms with E-state index in [1.807, 2.05) is 0 Å². The Morgan fingerprint density at radius 1 is 0.466 bits per heavy atom. The van der Waals surface area contributed by atoms with Gasteiger partial charge in [-0.05, 0) is 12.8 Å². The third-order valence-corrected chi connectivity index (χ3v) is 11.8. The Bertz CT molecular complexity index is 1000. The van der Waals surface area contributed by atoms with Crippen molar-refractivity contribution in [1.82, 2.24) is 0 Å². The van der Waals surface area contributed by atoms with Crippen molar-refractivity contribution in [3.63, 3.8) is 0 Å². The average Bonchev–Trinajstić information content (AvgIpc) is 3.19. The fourth-order valence-corrected chi connectivity index (χ4v) is 7.88. The van der Waals surface area contributed by atoms with Crippen LogP contribution in [-0.4, -0.2) is 59.9 Å². The zero-order valence-electron chi connectivity index (χ0n) is 37.4. The van der Waals surface area contributed by atoms with E-state index in [1.165, 1.54) is 186 Å². The number of carboxylic acids is 1. The number of carbonyl (C=O) groups is 3. The molecule has 0 saturated heterocycles. The van der Waals surface area contributed by atoms with Crippen LogP contribution in [0.15, 0.2) is 0 Å². The zero-order valence-corrected chi connectivity index (χ0v) is 38.3. The molecule has 11 nitrogen and oxygen atoms in total. The predicted molar refractivity (Wildman–Crippen MR) is 236 cm³/mol. The number of rotatable bonds is 46. The SMILES string of the molecule is CCCCCCCCCCCCCCCCCCCCCCCCCCCCCCCCCCCC(=O)OC[C@H](COP(=O)(O)OC[C@H](N)C(=O)O)OC(=O)CCC. The van der Waals surface area contributed by atoms with Gasteiger partial charge in [-0.1, -0.05) is 219 Å². The summed E-state index contributed by atoms with van der Waals surface area (Å²) in [5.41, 5.74) is 5.27. The van der Waals surface area contributed by atoms with E-state index in [2.05, 4.69) is 11.4 Å². The van der Waals surface area contributed by atoms with Crippen molar-refractivity contribution in [3.05, 3.63) is 0 Å². The Kier molecular flexibility index (Phi) is 41.1.